The van der Waals surface area contributed by atoms with E-state index >= 15 is 0 Å². The molecule has 2 aromatic rings. The first-order valence-electron chi connectivity index (χ1n) is 6.37. The molecule has 0 bridgehead atoms. The molecule has 2 aromatic carbocycles. The summed E-state index contributed by atoms with van der Waals surface area (Å²) in [4.78, 5) is 10.6. The van der Waals surface area contributed by atoms with Gasteiger partial charge in [-0.15, -0.1) is 13.2 Å². The number of phenols is 1. The van der Waals surface area contributed by atoms with Gasteiger partial charge in [-0.2, -0.15) is 0 Å². The molecule has 0 fully saturated rings. The van der Waals surface area contributed by atoms with Crippen LogP contribution >= 0.6 is 23.2 Å². The number of amides is 1. The SMILES string of the molecule is N=Cc1cc(Cl)cc(Cl)c1O.NC(=O)c1ccc(OC(F)(F)F)cc1. The highest BCUT2D eigenvalue weighted by atomic mass is 35.5. The van der Waals surface area contributed by atoms with Crippen LogP contribution < -0.4 is 10.5 Å². The number of halogens is 5. The second-order valence-electron chi connectivity index (χ2n) is 4.41. The number of phenolic OH excluding ortho intramolecular Hbond substituents is 1. The van der Waals surface area contributed by atoms with Crippen molar-refractivity contribution in [2.45, 2.75) is 6.36 Å². The van der Waals surface area contributed by atoms with Crippen molar-refractivity contribution >= 4 is 35.3 Å². The molecule has 4 N–H and O–H groups in total. The van der Waals surface area contributed by atoms with E-state index in [1.807, 2.05) is 0 Å². The zero-order valence-corrected chi connectivity index (χ0v) is 13.8. The van der Waals surface area contributed by atoms with Gasteiger partial charge < -0.3 is 21.0 Å². The summed E-state index contributed by atoms with van der Waals surface area (Å²) in [5.41, 5.74) is 5.34. The summed E-state index contributed by atoms with van der Waals surface area (Å²) in [6.07, 6.45) is -3.73. The lowest BCUT2D eigenvalue weighted by molar-refractivity contribution is -0.274. The second kappa shape index (κ2) is 8.59. The highest BCUT2D eigenvalue weighted by molar-refractivity contribution is 6.36. The van der Waals surface area contributed by atoms with Gasteiger partial charge in [-0.1, -0.05) is 23.2 Å². The number of aromatic hydroxyl groups is 1. The first-order chi connectivity index (χ1) is 11.5. The maximum absolute atomic E-state index is 11.7. The number of rotatable bonds is 3. The predicted molar refractivity (Wildman–Crippen MR) is 87.7 cm³/mol. The van der Waals surface area contributed by atoms with Crippen molar-refractivity contribution < 1.29 is 27.8 Å². The second-order valence-corrected chi connectivity index (χ2v) is 5.25. The first-order valence-corrected chi connectivity index (χ1v) is 7.13. The van der Waals surface area contributed by atoms with E-state index in [-0.39, 0.29) is 22.1 Å². The lowest BCUT2D eigenvalue weighted by Gasteiger charge is -2.08. The minimum Gasteiger partial charge on any atom is -0.506 e. The summed E-state index contributed by atoms with van der Waals surface area (Å²) in [5, 5.41) is 16.6. The van der Waals surface area contributed by atoms with E-state index in [1.165, 1.54) is 12.1 Å². The molecule has 0 saturated carbocycles. The van der Waals surface area contributed by atoms with Crippen molar-refractivity contribution in [1.29, 1.82) is 5.41 Å². The van der Waals surface area contributed by atoms with Crippen LogP contribution in [0.15, 0.2) is 36.4 Å². The van der Waals surface area contributed by atoms with Gasteiger partial charge in [0.2, 0.25) is 5.91 Å². The molecule has 1 amide bonds. The van der Waals surface area contributed by atoms with E-state index in [9.17, 15) is 23.1 Å². The van der Waals surface area contributed by atoms with Gasteiger partial charge in [0, 0.05) is 22.4 Å². The Morgan fingerprint density at radius 3 is 2.20 bits per heavy atom. The topological polar surface area (TPSA) is 96.4 Å². The third kappa shape index (κ3) is 6.90. The Morgan fingerprint density at radius 2 is 1.76 bits per heavy atom. The van der Waals surface area contributed by atoms with Crippen molar-refractivity contribution in [3.05, 3.63) is 57.6 Å². The fourth-order valence-electron chi connectivity index (χ4n) is 1.52. The summed E-state index contributed by atoms with van der Waals surface area (Å²) in [6.45, 7) is 0. The number of hydrogen-bond acceptors (Lipinski definition) is 4. The molecule has 0 unspecified atom stereocenters. The molecule has 5 nitrogen and oxygen atoms in total. The van der Waals surface area contributed by atoms with Crippen molar-refractivity contribution in [1.82, 2.24) is 0 Å². The number of nitrogens with one attached hydrogen (secondary N) is 1. The number of carbonyl (C=O) groups is 1. The van der Waals surface area contributed by atoms with Crippen LogP contribution in [0, 0.1) is 5.41 Å². The van der Waals surface area contributed by atoms with Crippen LogP contribution in [0.25, 0.3) is 0 Å². The van der Waals surface area contributed by atoms with Gasteiger partial charge in [-0.3, -0.25) is 4.79 Å². The van der Waals surface area contributed by atoms with E-state index in [2.05, 4.69) is 4.74 Å². The highest BCUT2D eigenvalue weighted by Gasteiger charge is 2.30. The number of ether oxygens (including phenoxy) is 1. The Kier molecular flexibility index (Phi) is 7.08. The highest BCUT2D eigenvalue weighted by Crippen LogP contribution is 2.29. The predicted octanol–water partition coefficient (Wildman–Crippen LogP) is 4.38. The van der Waals surface area contributed by atoms with Gasteiger partial charge in [-0.25, -0.2) is 0 Å². The lowest BCUT2D eigenvalue weighted by Crippen LogP contribution is -2.17. The van der Waals surface area contributed by atoms with Crippen LogP contribution in [0.4, 0.5) is 13.2 Å². The van der Waals surface area contributed by atoms with Gasteiger partial charge >= 0.3 is 6.36 Å². The minimum absolute atomic E-state index is 0.105. The molecule has 0 aliphatic heterocycles. The Bertz CT molecular complexity index is 766. The molecule has 0 spiro atoms. The van der Waals surface area contributed by atoms with Gasteiger partial charge in [0.05, 0.1) is 5.02 Å². The molecule has 25 heavy (non-hydrogen) atoms. The molecule has 2 rings (SSSR count). The molecular formula is C15H11Cl2F3N2O3. The fraction of sp³-hybridized carbons (Fsp3) is 0.0667. The van der Waals surface area contributed by atoms with E-state index in [4.69, 9.17) is 34.3 Å². The van der Waals surface area contributed by atoms with Crippen LogP contribution in [-0.4, -0.2) is 23.6 Å². The normalized spacial score (nSPS) is 10.4. The molecule has 0 heterocycles. The molecule has 0 saturated heterocycles. The average molecular weight is 395 g/mol. The van der Waals surface area contributed by atoms with Crippen LogP contribution in [-0.2, 0) is 0 Å². The standard InChI is InChI=1S/C8H6F3NO2.C7H5Cl2NO/c9-8(10,11)14-6-3-1-5(2-4-6)7(12)13;8-5-1-4(3-10)7(11)6(9)2-5/h1-4H,(H2,12,13);1-3,10-11H. The number of hydrogen-bond donors (Lipinski definition) is 3. The largest absolute Gasteiger partial charge is 0.573 e. The third-order valence-electron chi connectivity index (χ3n) is 2.59. The number of primary amides is 1. The third-order valence-corrected chi connectivity index (χ3v) is 3.09. The minimum atomic E-state index is -4.73. The lowest BCUT2D eigenvalue weighted by atomic mass is 10.2. The molecule has 0 aromatic heterocycles. The van der Waals surface area contributed by atoms with Crippen molar-refractivity contribution in [3.63, 3.8) is 0 Å². The van der Waals surface area contributed by atoms with Crippen LogP contribution in [0.5, 0.6) is 11.5 Å². The van der Waals surface area contributed by atoms with Crippen LogP contribution in [0.2, 0.25) is 10.0 Å². The maximum atomic E-state index is 11.7. The number of alkyl halides is 3. The van der Waals surface area contributed by atoms with Gasteiger partial charge in [0.25, 0.3) is 0 Å². The zero-order valence-electron chi connectivity index (χ0n) is 12.3. The Morgan fingerprint density at radius 1 is 1.20 bits per heavy atom. The molecule has 0 aliphatic rings. The smallest absolute Gasteiger partial charge is 0.506 e. The summed E-state index contributed by atoms with van der Waals surface area (Å²) in [7, 11) is 0. The van der Waals surface area contributed by atoms with Crippen molar-refractivity contribution in [2.24, 2.45) is 5.73 Å². The molecule has 0 atom stereocenters. The van der Waals surface area contributed by atoms with Gasteiger partial charge in [0.1, 0.15) is 11.5 Å². The van der Waals surface area contributed by atoms with Crippen molar-refractivity contribution in [2.75, 3.05) is 0 Å². The van der Waals surface area contributed by atoms with Crippen LogP contribution in [0.1, 0.15) is 15.9 Å². The summed E-state index contributed by atoms with van der Waals surface area (Å²) in [5.74, 6) is -1.20. The average Bonchev–Trinajstić information content (AvgIpc) is 2.50. The Labute approximate surface area is 150 Å². The molecule has 134 valence electrons. The van der Waals surface area contributed by atoms with E-state index in [1.54, 1.807) is 0 Å². The molecule has 0 radical (unpaired) electrons. The Hall–Kier alpha value is -2.45. The number of nitrogens with two attached hydrogens (primary N) is 1. The van der Waals surface area contributed by atoms with Crippen LogP contribution in [0.3, 0.4) is 0 Å². The van der Waals surface area contributed by atoms with E-state index in [0.29, 0.717) is 10.6 Å². The molecular weight excluding hydrogens is 384 g/mol. The summed E-state index contributed by atoms with van der Waals surface area (Å²) in [6, 6.07) is 7.25. The quantitative estimate of drug-likeness (QED) is 0.673. The Balaban J connectivity index is 0.000000257. The van der Waals surface area contributed by atoms with Crippen molar-refractivity contribution in [3.8, 4) is 11.5 Å². The number of benzene rings is 2. The van der Waals surface area contributed by atoms with Gasteiger partial charge in [-0.05, 0) is 36.4 Å². The summed E-state index contributed by atoms with van der Waals surface area (Å²) >= 11 is 11.2. The first kappa shape index (κ1) is 20.6. The maximum Gasteiger partial charge on any atom is 0.573 e. The van der Waals surface area contributed by atoms with Gasteiger partial charge in [0.15, 0.2) is 0 Å². The molecule has 0 aliphatic carbocycles. The zero-order chi connectivity index (χ0) is 19.2. The number of carbonyl (C=O) groups excluding carboxylic acids is 1. The molecule has 10 heteroatoms. The monoisotopic (exact) mass is 394 g/mol. The van der Waals surface area contributed by atoms with E-state index in [0.717, 1.165) is 30.5 Å². The van der Waals surface area contributed by atoms with E-state index < -0.39 is 12.3 Å². The summed E-state index contributed by atoms with van der Waals surface area (Å²) < 4.78 is 38.6. The fourth-order valence-corrected chi connectivity index (χ4v) is 2.03.